The van der Waals surface area contributed by atoms with Gasteiger partial charge in [-0.25, -0.2) is 0 Å². The molecular weight excluding hydrogens is 188 g/mol. The number of carboxylic acids is 1. The Morgan fingerprint density at radius 3 is 2.00 bits per heavy atom. The van der Waals surface area contributed by atoms with Gasteiger partial charge in [0.1, 0.15) is 0 Å². The average molecular weight is 214 g/mol. The van der Waals surface area contributed by atoms with Crippen molar-refractivity contribution in [2.24, 2.45) is 11.8 Å². The van der Waals surface area contributed by atoms with Crippen LogP contribution in [0.15, 0.2) is 0 Å². The van der Waals surface area contributed by atoms with E-state index in [0.717, 1.165) is 19.3 Å². The summed E-state index contributed by atoms with van der Waals surface area (Å²) in [5.41, 5.74) is 0. The lowest BCUT2D eigenvalue weighted by molar-refractivity contribution is -0.144. The van der Waals surface area contributed by atoms with Crippen LogP contribution in [0.2, 0.25) is 0 Å². The lowest BCUT2D eigenvalue weighted by Gasteiger charge is -2.24. The van der Waals surface area contributed by atoms with Gasteiger partial charge in [-0.1, -0.05) is 52.9 Å². The van der Waals surface area contributed by atoms with Crippen LogP contribution < -0.4 is 0 Å². The van der Waals surface area contributed by atoms with Gasteiger partial charge in [0.2, 0.25) is 0 Å². The molecule has 15 heavy (non-hydrogen) atoms. The standard InChI is InChI=1S/C8H14O2.C5H12/c1-6-4-2-3-5-7(6)8(9)10;1-3-5-4-2/h6-7H,2-5H2,1H3,(H,9,10);3-5H2,1-2H3/t6-,7+;/m1./s1. The maximum Gasteiger partial charge on any atom is 0.306 e. The summed E-state index contributed by atoms with van der Waals surface area (Å²) in [6.07, 6.45) is 8.37. The van der Waals surface area contributed by atoms with Crippen LogP contribution in [0.1, 0.15) is 65.7 Å². The fourth-order valence-corrected chi connectivity index (χ4v) is 2.04. The van der Waals surface area contributed by atoms with Crippen LogP contribution >= 0.6 is 0 Å². The molecule has 2 heteroatoms. The second kappa shape index (κ2) is 8.75. The third-order valence-electron chi connectivity index (χ3n) is 3.14. The molecule has 1 aliphatic rings. The maximum atomic E-state index is 10.6. The number of carbonyl (C=O) groups is 1. The summed E-state index contributed by atoms with van der Waals surface area (Å²) < 4.78 is 0. The summed E-state index contributed by atoms with van der Waals surface area (Å²) in [4.78, 5) is 10.6. The van der Waals surface area contributed by atoms with Crippen LogP contribution in [0.25, 0.3) is 0 Å². The summed E-state index contributed by atoms with van der Waals surface area (Å²) in [6.45, 7) is 6.46. The van der Waals surface area contributed by atoms with E-state index in [1.807, 2.05) is 6.92 Å². The first-order chi connectivity index (χ1) is 7.13. The minimum atomic E-state index is -0.604. The highest BCUT2D eigenvalue weighted by Crippen LogP contribution is 2.29. The molecular formula is C13H26O2. The van der Waals surface area contributed by atoms with E-state index >= 15 is 0 Å². The highest BCUT2D eigenvalue weighted by molar-refractivity contribution is 5.70. The molecule has 0 aromatic heterocycles. The molecule has 0 spiro atoms. The summed E-state index contributed by atoms with van der Waals surface area (Å²) in [7, 11) is 0. The Morgan fingerprint density at radius 1 is 1.20 bits per heavy atom. The summed E-state index contributed by atoms with van der Waals surface area (Å²) in [5.74, 6) is -0.271. The maximum absolute atomic E-state index is 10.6. The molecule has 0 unspecified atom stereocenters. The van der Waals surface area contributed by atoms with Crippen molar-refractivity contribution in [2.75, 3.05) is 0 Å². The molecule has 0 aromatic rings. The predicted molar refractivity (Wildman–Crippen MR) is 64.0 cm³/mol. The van der Waals surface area contributed by atoms with E-state index in [-0.39, 0.29) is 5.92 Å². The SMILES string of the molecule is CCCCC.C[C@@H]1CCCC[C@@H]1C(=O)O. The van der Waals surface area contributed by atoms with Gasteiger partial charge in [-0.05, 0) is 18.8 Å². The number of hydrogen-bond donors (Lipinski definition) is 1. The zero-order valence-electron chi connectivity index (χ0n) is 10.5. The summed E-state index contributed by atoms with van der Waals surface area (Å²) in [6, 6.07) is 0. The Kier molecular flexibility index (Phi) is 8.44. The summed E-state index contributed by atoms with van der Waals surface area (Å²) >= 11 is 0. The van der Waals surface area contributed by atoms with E-state index in [4.69, 9.17) is 5.11 Å². The molecule has 0 bridgehead atoms. The molecule has 0 aromatic carbocycles. The number of carboxylic acid groups (broad SMARTS) is 1. The molecule has 1 fully saturated rings. The molecule has 0 heterocycles. The topological polar surface area (TPSA) is 37.3 Å². The van der Waals surface area contributed by atoms with Gasteiger partial charge in [-0.2, -0.15) is 0 Å². The van der Waals surface area contributed by atoms with Gasteiger partial charge in [0, 0.05) is 0 Å². The van der Waals surface area contributed by atoms with Crippen LogP contribution in [0, 0.1) is 11.8 Å². The fourth-order valence-electron chi connectivity index (χ4n) is 2.04. The monoisotopic (exact) mass is 214 g/mol. The number of rotatable bonds is 3. The van der Waals surface area contributed by atoms with Crippen molar-refractivity contribution >= 4 is 5.97 Å². The van der Waals surface area contributed by atoms with Crippen LogP contribution in [0.4, 0.5) is 0 Å². The van der Waals surface area contributed by atoms with Gasteiger partial charge >= 0.3 is 5.97 Å². The highest BCUT2D eigenvalue weighted by Gasteiger charge is 2.26. The van der Waals surface area contributed by atoms with Crippen molar-refractivity contribution < 1.29 is 9.90 Å². The first kappa shape index (κ1) is 14.5. The molecule has 1 saturated carbocycles. The van der Waals surface area contributed by atoms with E-state index in [2.05, 4.69) is 13.8 Å². The molecule has 0 amide bonds. The van der Waals surface area contributed by atoms with E-state index in [0.29, 0.717) is 5.92 Å². The van der Waals surface area contributed by atoms with Crippen molar-refractivity contribution in [3.8, 4) is 0 Å². The third-order valence-corrected chi connectivity index (χ3v) is 3.14. The first-order valence-electron chi connectivity index (χ1n) is 6.36. The molecule has 1 aliphatic carbocycles. The van der Waals surface area contributed by atoms with Gasteiger partial charge in [0.05, 0.1) is 5.92 Å². The molecule has 90 valence electrons. The van der Waals surface area contributed by atoms with Gasteiger partial charge in [-0.15, -0.1) is 0 Å². The molecule has 2 atom stereocenters. The number of aliphatic carboxylic acids is 1. The van der Waals surface area contributed by atoms with Gasteiger partial charge in [0.25, 0.3) is 0 Å². The molecule has 1 rings (SSSR count). The highest BCUT2D eigenvalue weighted by atomic mass is 16.4. The lowest BCUT2D eigenvalue weighted by Crippen LogP contribution is -2.24. The quantitative estimate of drug-likeness (QED) is 0.768. The average Bonchev–Trinajstić information content (AvgIpc) is 2.20. The van der Waals surface area contributed by atoms with Crippen molar-refractivity contribution in [1.29, 1.82) is 0 Å². The van der Waals surface area contributed by atoms with Crippen molar-refractivity contribution in [3.63, 3.8) is 0 Å². The van der Waals surface area contributed by atoms with Crippen LogP contribution in [0.5, 0.6) is 0 Å². The van der Waals surface area contributed by atoms with Crippen molar-refractivity contribution in [3.05, 3.63) is 0 Å². The predicted octanol–water partition coefficient (Wildman–Crippen LogP) is 4.09. The van der Waals surface area contributed by atoms with E-state index in [1.165, 1.54) is 25.7 Å². The smallest absolute Gasteiger partial charge is 0.306 e. The Bertz CT molecular complexity index is 164. The molecule has 2 nitrogen and oxygen atoms in total. The van der Waals surface area contributed by atoms with Crippen molar-refractivity contribution in [1.82, 2.24) is 0 Å². The minimum Gasteiger partial charge on any atom is -0.481 e. The first-order valence-corrected chi connectivity index (χ1v) is 6.36. The Balaban J connectivity index is 0.000000336. The van der Waals surface area contributed by atoms with Crippen LogP contribution in [0.3, 0.4) is 0 Å². The fraction of sp³-hybridized carbons (Fsp3) is 0.923. The molecule has 0 saturated heterocycles. The second-order valence-corrected chi connectivity index (χ2v) is 4.56. The van der Waals surface area contributed by atoms with Gasteiger partial charge in [-0.3, -0.25) is 4.79 Å². The van der Waals surface area contributed by atoms with Crippen LogP contribution in [-0.4, -0.2) is 11.1 Å². The summed E-state index contributed by atoms with van der Waals surface area (Å²) in [5, 5.41) is 8.71. The van der Waals surface area contributed by atoms with Gasteiger partial charge in [0.15, 0.2) is 0 Å². The third kappa shape index (κ3) is 6.53. The molecule has 0 aliphatic heterocycles. The second-order valence-electron chi connectivity index (χ2n) is 4.56. The Labute approximate surface area is 94.1 Å². The number of hydrogen-bond acceptors (Lipinski definition) is 1. The Morgan fingerprint density at radius 2 is 1.73 bits per heavy atom. The zero-order valence-corrected chi connectivity index (χ0v) is 10.5. The van der Waals surface area contributed by atoms with Crippen LogP contribution in [-0.2, 0) is 4.79 Å². The largest absolute Gasteiger partial charge is 0.481 e. The van der Waals surface area contributed by atoms with Crippen molar-refractivity contribution in [2.45, 2.75) is 65.7 Å². The lowest BCUT2D eigenvalue weighted by atomic mass is 9.81. The molecule has 0 radical (unpaired) electrons. The van der Waals surface area contributed by atoms with E-state index < -0.39 is 5.97 Å². The zero-order chi connectivity index (χ0) is 11.7. The minimum absolute atomic E-state index is 0.0613. The normalized spacial score (nSPS) is 25.3. The molecule has 1 N–H and O–H groups in total. The van der Waals surface area contributed by atoms with E-state index in [9.17, 15) is 4.79 Å². The van der Waals surface area contributed by atoms with Gasteiger partial charge < -0.3 is 5.11 Å². The Hall–Kier alpha value is -0.530. The number of unbranched alkanes of at least 4 members (excludes halogenated alkanes) is 2. The van der Waals surface area contributed by atoms with E-state index in [1.54, 1.807) is 0 Å².